The number of hydrogen-bond acceptors (Lipinski definition) is 3. The summed E-state index contributed by atoms with van der Waals surface area (Å²) in [6.45, 7) is 5.28. The van der Waals surface area contributed by atoms with Crippen LogP contribution in [0.3, 0.4) is 0 Å². The summed E-state index contributed by atoms with van der Waals surface area (Å²) in [7, 11) is 1.97. The van der Waals surface area contributed by atoms with Gasteiger partial charge in [0, 0.05) is 24.5 Å². The molecule has 4 nitrogen and oxygen atoms in total. The van der Waals surface area contributed by atoms with Gasteiger partial charge in [-0.1, -0.05) is 11.6 Å². The average molecular weight is 339 g/mol. The number of ether oxygens (including phenoxy) is 1. The van der Waals surface area contributed by atoms with Crippen LogP contribution in [0.25, 0.3) is 0 Å². The minimum atomic E-state index is 0.252. The van der Waals surface area contributed by atoms with Crippen LogP contribution < -0.4 is 10.1 Å². The molecule has 1 N–H and O–H groups in total. The van der Waals surface area contributed by atoms with E-state index in [-0.39, 0.29) is 5.91 Å². The largest absolute Gasteiger partial charge is 0.494 e. The van der Waals surface area contributed by atoms with Gasteiger partial charge in [-0.05, 0) is 69.5 Å². The molecule has 1 atom stereocenters. The van der Waals surface area contributed by atoms with Gasteiger partial charge < -0.3 is 15.0 Å². The number of aryl methyl sites for hydroxylation is 1. The monoisotopic (exact) mass is 338 g/mol. The number of piperidine rings is 1. The van der Waals surface area contributed by atoms with Crippen molar-refractivity contribution < 1.29 is 9.53 Å². The number of hydrogen-bond donors (Lipinski definition) is 1. The van der Waals surface area contributed by atoms with Crippen molar-refractivity contribution in [1.82, 2.24) is 10.2 Å². The average Bonchev–Trinajstić information content (AvgIpc) is 2.55. The first-order chi connectivity index (χ1) is 11.1. The highest BCUT2D eigenvalue weighted by Gasteiger charge is 2.22. The molecule has 1 heterocycles. The molecule has 0 spiro atoms. The second-order valence-electron chi connectivity index (χ2n) is 6.27. The topological polar surface area (TPSA) is 41.6 Å². The van der Waals surface area contributed by atoms with Gasteiger partial charge in [0.25, 0.3) is 0 Å². The number of likely N-dealkylation sites (tertiary alicyclic amines) is 1. The standard InChI is InChI=1S/C18H27ClN2O2/c1-14-11-16(7-8-17(14)19)23-10-4-6-18(22)21-9-3-5-15(13-21)12-20-2/h7-8,11,15,20H,3-6,9-10,12-13H2,1-2H3/t15-/m0/s1. The number of nitrogens with zero attached hydrogens (tertiary/aromatic N) is 1. The third kappa shape index (κ3) is 5.70. The molecular weight excluding hydrogens is 312 g/mol. The Balaban J connectivity index is 1.69. The van der Waals surface area contributed by atoms with Crippen molar-refractivity contribution >= 4 is 17.5 Å². The van der Waals surface area contributed by atoms with E-state index in [1.807, 2.05) is 37.1 Å². The quantitative estimate of drug-likeness (QED) is 0.776. The molecule has 1 amide bonds. The lowest BCUT2D eigenvalue weighted by Gasteiger charge is -2.32. The molecule has 0 unspecified atom stereocenters. The zero-order valence-electron chi connectivity index (χ0n) is 14.1. The van der Waals surface area contributed by atoms with E-state index in [0.29, 0.717) is 18.9 Å². The van der Waals surface area contributed by atoms with E-state index in [9.17, 15) is 4.79 Å². The fourth-order valence-electron chi connectivity index (χ4n) is 3.03. The molecule has 1 aromatic rings. The van der Waals surface area contributed by atoms with Crippen LogP contribution >= 0.6 is 11.6 Å². The molecule has 0 aromatic heterocycles. The van der Waals surface area contributed by atoms with Gasteiger partial charge >= 0.3 is 0 Å². The highest BCUT2D eigenvalue weighted by atomic mass is 35.5. The Kier molecular flexibility index (Phi) is 7.18. The molecule has 128 valence electrons. The predicted octanol–water partition coefficient (Wildman–Crippen LogP) is 3.27. The van der Waals surface area contributed by atoms with Gasteiger partial charge in [-0.3, -0.25) is 4.79 Å². The summed E-state index contributed by atoms with van der Waals surface area (Å²) in [5, 5.41) is 3.95. The Morgan fingerprint density at radius 1 is 1.48 bits per heavy atom. The van der Waals surface area contributed by atoms with Crippen molar-refractivity contribution in [3.05, 3.63) is 28.8 Å². The maximum atomic E-state index is 12.3. The molecule has 0 saturated carbocycles. The summed E-state index contributed by atoms with van der Waals surface area (Å²) < 4.78 is 5.70. The Morgan fingerprint density at radius 3 is 3.04 bits per heavy atom. The molecular formula is C18H27ClN2O2. The Morgan fingerprint density at radius 2 is 2.30 bits per heavy atom. The van der Waals surface area contributed by atoms with Gasteiger partial charge in [0.2, 0.25) is 5.91 Å². The first kappa shape index (κ1) is 18.1. The molecule has 1 aliphatic rings. The van der Waals surface area contributed by atoms with Crippen LogP contribution in [-0.4, -0.2) is 44.1 Å². The van der Waals surface area contributed by atoms with Crippen LogP contribution in [0.5, 0.6) is 5.75 Å². The van der Waals surface area contributed by atoms with Crippen LogP contribution in [0.2, 0.25) is 5.02 Å². The minimum absolute atomic E-state index is 0.252. The highest BCUT2D eigenvalue weighted by Crippen LogP contribution is 2.21. The lowest BCUT2D eigenvalue weighted by molar-refractivity contribution is -0.133. The van der Waals surface area contributed by atoms with Crippen LogP contribution in [0.4, 0.5) is 0 Å². The lowest BCUT2D eigenvalue weighted by Crippen LogP contribution is -2.42. The molecule has 1 saturated heterocycles. The fourth-order valence-corrected chi connectivity index (χ4v) is 3.14. The number of amides is 1. The number of carbonyl (C=O) groups excluding carboxylic acids is 1. The van der Waals surface area contributed by atoms with E-state index < -0.39 is 0 Å². The Bertz CT molecular complexity index is 520. The van der Waals surface area contributed by atoms with E-state index >= 15 is 0 Å². The van der Waals surface area contributed by atoms with Crippen molar-refractivity contribution in [2.45, 2.75) is 32.6 Å². The van der Waals surface area contributed by atoms with Crippen LogP contribution in [0.15, 0.2) is 18.2 Å². The number of benzene rings is 1. The zero-order chi connectivity index (χ0) is 16.7. The second kappa shape index (κ2) is 9.14. The van der Waals surface area contributed by atoms with Gasteiger partial charge in [0.05, 0.1) is 6.61 Å². The van der Waals surface area contributed by atoms with E-state index in [0.717, 1.165) is 48.8 Å². The number of rotatable bonds is 7. The summed E-state index contributed by atoms with van der Waals surface area (Å²) in [5.41, 5.74) is 1.00. The SMILES string of the molecule is CNC[C@@H]1CCCN(C(=O)CCCOc2ccc(Cl)c(C)c2)C1. The van der Waals surface area contributed by atoms with Crippen LogP contribution in [0, 0.1) is 12.8 Å². The molecule has 1 fully saturated rings. The molecule has 1 aromatic carbocycles. The van der Waals surface area contributed by atoms with Crippen molar-refractivity contribution in [2.75, 3.05) is 33.3 Å². The first-order valence-corrected chi connectivity index (χ1v) is 8.79. The van der Waals surface area contributed by atoms with Gasteiger partial charge in [-0.2, -0.15) is 0 Å². The normalized spacial score (nSPS) is 18.0. The van der Waals surface area contributed by atoms with Crippen LogP contribution in [0.1, 0.15) is 31.2 Å². The molecule has 1 aliphatic heterocycles. The summed E-state index contributed by atoms with van der Waals surface area (Å²) in [4.78, 5) is 14.3. The molecule has 0 radical (unpaired) electrons. The smallest absolute Gasteiger partial charge is 0.222 e. The molecule has 23 heavy (non-hydrogen) atoms. The third-order valence-corrected chi connectivity index (χ3v) is 4.72. The summed E-state index contributed by atoms with van der Waals surface area (Å²) in [5.74, 6) is 1.65. The molecule has 2 rings (SSSR count). The van der Waals surface area contributed by atoms with E-state index in [1.54, 1.807) is 0 Å². The van der Waals surface area contributed by atoms with Gasteiger partial charge in [0.15, 0.2) is 0 Å². The summed E-state index contributed by atoms with van der Waals surface area (Å²) in [6.07, 6.45) is 3.62. The molecule has 5 heteroatoms. The fraction of sp³-hybridized carbons (Fsp3) is 0.611. The number of nitrogens with one attached hydrogen (secondary N) is 1. The summed E-state index contributed by atoms with van der Waals surface area (Å²) >= 11 is 5.99. The van der Waals surface area contributed by atoms with Crippen molar-refractivity contribution in [1.29, 1.82) is 0 Å². The minimum Gasteiger partial charge on any atom is -0.494 e. The lowest BCUT2D eigenvalue weighted by atomic mass is 9.97. The highest BCUT2D eigenvalue weighted by molar-refractivity contribution is 6.31. The maximum absolute atomic E-state index is 12.3. The molecule has 0 aliphatic carbocycles. The van der Waals surface area contributed by atoms with Gasteiger partial charge in [-0.25, -0.2) is 0 Å². The van der Waals surface area contributed by atoms with Gasteiger partial charge in [0.1, 0.15) is 5.75 Å². The van der Waals surface area contributed by atoms with E-state index in [2.05, 4.69) is 5.32 Å². The van der Waals surface area contributed by atoms with Crippen molar-refractivity contribution in [3.8, 4) is 5.75 Å². The van der Waals surface area contributed by atoms with E-state index in [4.69, 9.17) is 16.3 Å². The zero-order valence-corrected chi connectivity index (χ0v) is 14.9. The third-order valence-electron chi connectivity index (χ3n) is 4.30. The Hall–Kier alpha value is -1.26. The summed E-state index contributed by atoms with van der Waals surface area (Å²) in [6, 6.07) is 5.63. The van der Waals surface area contributed by atoms with Crippen molar-refractivity contribution in [3.63, 3.8) is 0 Å². The maximum Gasteiger partial charge on any atom is 0.222 e. The number of halogens is 1. The molecule has 0 bridgehead atoms. The number of carbonyl (C=O) groups is 1. The Labute approximate surface area is 144 Å². The van der Waals surface area contributed by atoms with Gasteiger partial charge in [-0.15, -0.1) is 0 Å². The van der Waals surface area contributed by atoms with Crippen molar-refractivity contribution in [2.24, 2.45) is 5.92 Å². The second-order valence-corrected chi connectivity index (χ2v) is 6.68. The van der Waals surface area contributed by atoms with Crippen LogP contribution in [-0.2, 0) is 4.79 Å². The van der Waals surface area contributed by atoms with E-state index in [1.165, 1.54) is 6.42 Å². The predicted molar refractivity (Wildman–Crippen MR) is 94.1 cm³/mol. The first-order valence-electron chi connectivity index (χ1n) is 8.41.